The van der Waals surface area contributed by atoms with Gasteiger partial charge in [-0.15, -0.1) is 0 Å². The van der Waals surface area contributed by atoms with Crippen LogP contribution in [0.1, 0.15) is 30.0 Å². The van der Waals surface area contributed by atoms with E-state index in [1.165, 1.54) is 12.1 Å². The lowest BCUT2D eigenvalue weighted by atomic mass is 9.97. The summed E-state index contributed by atoms with van der Waals surface area (Å²) in [6, 6.07) is 11.9. The first-order valence-electron chi connectivity index (χ1n) is 10.0. The van der Waals surface area contributed by atoms with Crippen molar-refractivity contribution in [3.63, 3.8) is 0 Å². The molecular formula is C25H20F6O. The summed E-state index contributed by atoms with van der Waals surface area (Å²) in [4.78, 5) is 0. The molecule has 0 bridgehead atoms. The molecule has 0 spiro atoms. The fourth-order valence-corrected chi connectivity index (χ4v) is 3.40. The SMILES string of the molecule is CCCc1ccc(-c2ccc(CCc3cc(F)c(OC=C(F)F)c(F)c3)c(F)c2F)cc1. The van der Waals surface area contributed by atoms with E-state index in [0.29, 0.717) is 5.56 Å². The second-order valence-corrected chi connectivity index (χ2v) is 7.26. The largest absolute Gasteiger partial charge is 0.453 e. The summed E-state index contributed by atoms with van der Waals surface area (Å²) in [5, 5.41) is 0. The van der Waals surface area contributed by atoms with Gasteiger partial charge < -0.3 is 4.74 Å². The lowest BCUT2D eigenvalue weighted by molar-refractivity contribution is 0.344. The fraction of sp³-hybridized carbons (Fsp3) is 0.200. The Balaban J connectivity index is 1.76. The van der Waals surface area contributed by atoms with E-state index in [9.17, 15) is 26.3 Å². The van der Waals surface area contributed by atoms with Crippen molar-refractivity contribution in [2.24, 2.45) is 0 Å². The third-order valence-corrected chi connectivity index (χ3v) is 4.97. The Morgan fingerprint density at radius 2 is 1.44 bits per heavy atom. The molecular weight excluding hydrogens is 430 g/mol. The average molecular weight is 450 g/mol. The fourth-order valence-electron chi connectivity index (χ4n) is 3.40. The van der Waals surface area contributed by atoms with Gasteiger partial charge in [0.15, 0.2) is 35.3 Å². The molecule has 0 saturated carbocycles. The first-order valence-corrected chi connectivity index (χ1v) is 10.0. The van der Waals surface area contributed by atoms with Crippen LogP contribution in [0.3, 0.4) is 0 Å². The molecule has 32 heavy (non-hydrogen) atoms. The van der Waals surface area contributed by atoms with Crippen molar-refractivity contribution in [1.82, 2.24) is 0 Å². The van der Waals surface area contributed by atoms with Crippen molar-refractivity contribution in [2.45, 2.75) is 32.6 Å². The third-order valence-electron chi connectivity index (χ3n) is 4.97. The molecule has 0 saturated heterocycles. The quantitative estimate of drug-likeness (QED) is 0.252. The second kappa shape index (κ2) is 10.4. The highest BCUT2D eigenvalue weighted by Gasteiger charge is 2.17. The molecule has 0 aliphatic carbocycles. The number of aryl methyl sites for hydroxylation is 3. The maximum atomic E-state index is 14.7. The molecule has 3 rings (SSSR count). The lowest BCUT2D eigenvalue weighted by Crippen LogP contribution is -2.01. The van der Waals surface area contributed by atoms with Crippen molar-refractivity contribution in [3.8, 4) is 16.9 Å². The summed E-state index contributed by atoms with van der Waals surface area (Å²) in [5.41, 5.74) is 1.98. The lowest BCUT2D eigenvalue weighted by Gasteiger charge is -2.11. The highest BCUT2D eigenvalue weighted by Crippen LogP contribution is 2.29. The zero-order chi connectivity index (χ0) is 23.3. The maximum Gasteiger partial charge on any atom is 0.305 e. The normalized spacial score (nSPS) is 10.8. The molecule has 0 unspecified atom stereocenters. The molecule has 0 heterocycles. The molecule has 3 aromatic rings. The Hall–Kier alpha value is -3.22. The molecule has 7 heteroatoms. The van der Waals surface area contributed by atoms with Crippen molar-refractivity contribution in [2.75, 3.05) is 0 Å². The van der Waals surface area contributed by atoms with Crippen LogP contribution in [-0.4, -0.2) is 0 Å². The third kappa shape index (κ3) is 5.52. The Kier molecular flexibility index (Phi) is 7.62. The van der Waals surface area contributed by atoms with E-state index in [0.717, 1.165) is 30.5 Å². The van der Waals surface area contributed by atoms with Gasteiger partial charge in [0.25, 0.3) is 0 Å². The maximum absolute atomic E-state index is 14.7. The number of hydrogen-bond acceptors (Lipinski definition) is 1. The standard InChI is InChI=1S/C25H20F6O/c1-2-3-15-4-7-17(8-5-15)19-11-10-18(23(30)24(19)31)9-6-16-12-20(26)25(21(27)13-16)32-14-22(28)29/h4-5,7-8,10-14H,2-3,6,9H2,1H3. The molecule has 0 aromatic heterocycles. The van der Waals surface area contributed by atoms with Gasteiger partial charge in [-0.05, 0) is 53.6 Å². The molecule has 0 atom stereocenters. The number of benzene rings is 3. The van der Waals surface area contributed by atoms with Crippen molar-refractivity contribution in [3.05, 3.63) is 101 Å². The smallest absolute Gasteiger partial charge is 0.305 e. The summed E-state index contributed by atoms with van der Waals surface area (Å²) in [6.07, 6.45) is -0.454. The van der Waals surface area contributed by atoms with E-state index in [4.69, 9.17) is 0 Å². The zero-order valence-corrected chi connectivity index (χ0v) is 17.2. The summed E-state index contributed by atoms with van der Waals surface area (Å²) in [6.45, 7) is 2.05. The van der Waals surface area contributed by atoms with Crippen molar-refractivity contribution in [1.29, 1.82) is 0 Å². The van der Waals surface area contributed by atoms with E-state index in [2.05, 4.69) is 11.7 Å². The molecule has 0 N–H and O–H groups in total. The second-order valence-electron chi connectivity index (χ2n) is 7.26. The van der Waals surface area contributed by atoms with Crippen LogP contribution in [-0.2, 0) is 19.3 Å². The van der Waals surface area contributed by atoms with Crippen LogP contribution in [0.5, 0.6) is 5.75 Å². The van der Waals surface area contributed by atoms with Gasteiger partial charge >= 0.3 is 6.08 Å². The van der Waals surface area contributed by atoms with Crippen LogP contribution in [0.4, 0.5) is 26.3 Å². The minimum atomic E-state index is -2.24. The Bertz CT molecular complexity index is 1100. The van der Waals surface area contributed by atoms with Crippen LogP contribution < -0.4 is 4.74 Å². The van der Waals surface area contributed by atoms with E-state index >= 15 is 0 Å². The van der Waals surface area contributed by atoms with Gasteiger partial charge in [-0.3, -0.25) is 0 Å². The molecule has 168 valence electrons. The van der Waals surface area contributed by atoms with Gasteiger partial charge in [0.05, 0.1) is 0 Å². The van der Waals surface area contributed by atoms with Gasteiger partial charge in [-0.25, -0.2) is 17.6 Å². The van der Waals surface area contributed by atoms with E-state index < -0.39 is 35.1 Å². The van der Waals surface area contributed by atoms with Gasteiger partial charge in [-0.2, -0.15) is 8.78 Å². The van der Waals surface area contributed by atoms with Crippen molar-refractivity contribution < 1.29 is 31.1 Å². The summed E-state index contributed by atoms with van der Waals surface area (Å²) in [5.74, 6) is -5.33. The first-order chi connectivity index (χ1) is 15.3. The van der Waals surface area contributed by atoms with Crippen LogP contribution in [0, 0.1) is 23.3 Å². The van der Waals surface area contributed by atoms with E-state index in [1.807, 2.05) is 12.1 Å². The Morgan fingerprint density at radius 3 is 2.03 bits per heavy atom. The number of hydrogen-bond donors (Lipinski definition) is 0. The van der Waals surface area contributed by atoms with Crippen molar-refractivity contribution >= 4 is 0 Å². The molecule has 0 aliphatic heterocycles. The van der Waals surface area contributed by atoms with E-state index in [-0.39, 0.29) is 35.8 Å². The Labute approximate surface area is 182 Å². The first kappa shape index (κ1) is 23.4. The van der Waals surface area contributed by atoms with E-state index in [1.54, 1.807) is 12.1 Å². The van der Waals surface area contributed by atoms with Gasteiger partial charge in [0, 0.05) is 5.56 Å². The predicted molar refractivity (Wildman–Crippen MR) is 110 cm³/mol. The summed E-state index contributed by atoms with van der Waals surface area (Å²) >= 11 is 0. The Morgan fingerprint density at radius 1 is 0.781 bits per heavy atom. The topological polar surface area (TPSA) is 9.23 Å². The highest BCUT2D eigenvalue weighted by atomic mass is 19.3. The zero-order valence-electron chi connectivity index (χ0n) is 17.2. The van der Waals surface area contributed by atoms with Crippen LogP contribution >= 0.6 is 0 Å². The van der Waals surface area contributed by atoms with Gasteiger partial charge in [0.2, 0.25) is 0 Å². The molecule has 0 radical (unpaired) electrons. The highest BCUT2D eigenvalue weighted by molar-refractivity contribution is 5.65. The van der Waals surface area contributed by atoms with Crippen LogP contribution in [0.25, 0.3) is 11.1 Å². The van der Waals surface area contributed by atoms with Gasteiger partial charge in [-0.1, -0.05) is 49.7 Å². The molecule has 0 amide bonds. The minimum absolute atomic E-state index is 0.00283. The molecule has 3 aromatic carbocycles. The molecule has 1 nitrogen and oxygen atoms in total. The number of ether oxygens (including phenoxy) is 1. The minimum Gasteiger partial charge on any atom is -0.453 e. The predicted octanol–water partition coefficient (Wildman–Crippen LogP) is 7.76. The average Bonchev–Trinajstić information content (AvgIpc) is 2.75. The monoisotopic (exact) mass is 450 g/mol. The summed E-state index contributed by atoms with van der Waals surface area (Å²) < 4.78 is 85.6. The molecule has 0 aliphatic rings. The number of halogens is 6. The van der Waals surface area contributed by atoms with Gasteiger partial charge in [0.1, 0.15) is 0 Å². The number of rotatable bonds is 8. The van der Waals surface area contributed by atoms with Crippen LogP contribution in [0.2, 0.25) is 0 Å². The van der Waals surface area contributed by atoms with Crippen LogP contribution in [0.15, 0.2) is 60.9 Å². The summed E-state index contributed by atoms with van der Waals surface area (Å²) in [7, 11) is 0. The molecule has 0 fully saturated rings.